The molecule has 0 spiro atoms. The van der Waals surface area contributed by atoms with Crippen molar-refractivity contribution < 1.29 is 19.5 Å². The van der Waals surface area contributed by atoms with Crippen LogP contribution in [0.1, 0.15) is 29.9 Å². The summed E-state index contributed by atoms with van der Waals surface area (Å²) in [6, 6.07) is 0. The molecule has 0 saturated carbocycles. The maximum atomic E-state index is 10.5. The maximum absolute atomic E-state index is 10.5. The van der Waals surface area contributed by atoms with Crippen molar-refractivity contribution in [2.75, 3.05) is 0 Å². The number of carboxylic acid groups (broad SMARTS) is 1. The van der Waals surface area contributed by atoms with Crippen LogP contribution in [0, 0.1) is 0 Å². The van der Waals surface area contributed by atoms with Gasteiger partial charge in [0.25, 0.3) is 0 Å². The molecule has 0 fully saturated rings. The lowest BCUT2D eigenvalue weighted by Crippen LogP contribution is -2.18. The van der Waals surface area contributed by atoms with Crippen molar-refractivity contribution >= 4 is 5.97 Å². The highest BCUT2D eigenvalue weighted by atomic mass is 16.5. The van der Waals surface area contributed by atoms with Crippen LogP contribution in [0.15, 0.2) is 10.8 Å². The van der Waals surface area contributed by atoms with Crippen LogP contribution in [0.3, 0.4) is 0 Å². The predicted molar refractivity (Wildman–Crippen MR) is 38.7 cm³/mol. The van der Waals surface area contributed by atoms with Crippen LogP contribution >= 0.6 is 0 Å². The number of aliphatic hydroxyl groups is 1. The number of carboxylic acids is 1. The third kappa shape index (κ3) is 1.45. The summed E-state index contributed by atoms with van der Waals surface area (Å²) in [5, 5.41) is 21.3. The molecule has 0 atom stereocenters. The molecule has 1 heterocycles. The standard InChI is InChI=1S/C7H9NO4/c1-7(2,11)4-3-12-8-5(4)6(9)10/h3,11H,1-2H3,(H,9,10). The van der Waals surface area contributed by atoms with Gasteiger partial charge >= 0.3 is 5.97 Å². The first kappa shape index (κ1) is 8.73. The number of aromatic carboxylic acids is 1. The van der Waals surface area contributed by atoms with Gasteiger partial charge in [-0.05, 0) is 13.8 Å². The molecule has 0 radical (unpaired) electrons. The van der Waals surface area contributed by atoms with E-state index in [1.165, 1.54) is 13.8 Å². The second-order valence-electron chi connectivity index (χ2n) is 2.94. The number of hydrogen-bond donors (Lipinski definition) is 2. The van der Waals surface area contributed by atoms with Crippen LogP contribution in [-0.4, -0.2) is 21.3 Å². The molecule has 1 aromatic rings. The van der Waals surface area contributed by atoms with Gasteiger partial charge in [-0.3, -0.25) is 0 Å². The van der Waals surface area contributed by atoms with Gasteiger partial charge in [0.05, 0.1) is 11.2 Å². The molecular formula is C7H9NO4. The van der Waals surface area contributed by atoms with E-state index in [0.29, 0.717) is 0 Å². The third-order valence-corrected chi connectivity index (χ3v) is 1.43. The summed E-state index contributed by atoms with van der Waals surface area (Å²) in [5.74, 6) is -1.21. The van der Waals surface area contributed by atoms with Crippen molar-refractivity contribution in [3.8, 4) is 0 Å². The Hall–Kier alpha value is -1.36. The minimum Gasteiger partial charge on any atom is -0.476 e. The fraction of sp³-hybridized carbons (Fsp3) is 0.429. The van der Waals surface area contributed by atoms with E-state index in [1.807, 2.05) is 0 Å². The number of rotatable bonds is 2. The van der Waals surface area contributed by atoms with Crippen LogP contribution in [0.2, 0.25) is 0 Å². The quantitative estimate of drug-likeness (QED) is 0.680. The molecule has 5 nitrogen and oxygen atoms in total. The zero-order valence-corrected chi connectivity index (χ0v) is 6.74. The lowest BCUT2D eigenvalue weighted by Gasteiger charge is -2.14. The Morgan fingerprint density at radius 3 is 2.58 bits per heavy atom. The zero-order valence-electron chi connectivity index (χ0n) is 6.74. The number of aromatic nitrogens is 1. The third-order valence-electron chi connectivity index (χ3n) is 1.43. The first-order valence-electron chi connectivity index (χ1n) is 3.33. The van der Waals surface area contributed by atoms with Gasteiger partial charge in [-0.1, -0.05) is 5.16 Å². The monoisotopic (exact) mass is 171 g/mol. The molecule has 5 heteroatoms. The van der Waals surface area contributed by atoms with Gasteiger partial charge in [-0.25, -0.2) is 4.79 Å². The number of hydrogen-bond acceptors (Lipinski definition) is 4. The van der Waals surface area contributed by atoms with Crippen LogP contribution in [0.25, 0.3) is 0 Å². The maximum Gasteiger partial charge on any atom is 0.358 e. The molecule has 1 rings (SSSR count). The van der Waals surface area contributed by atoms with Crippen molar-refractivity contribution in [1.82, 2.24) is 5.16 Å². The second kappa shape index (κ2) is 2.60. The average molecular weight is 171 g/mol. The van der Waals surface area contributed by atoms with Gasteiger partial charge in [0, 0.05) is 0 Å². The predicted octanol–water partition coefficient (Wildman–Crippen LogP) is 0.600. The van der Waals surface area contributed by atoms with Gasteiger partial charge in [-0.15, -0.1) is 0 Å². The molecule has 0 saturated heterocycles. The number of nitrogens with zero attached hydrogens (tertiary/aromatic N) is 1. The average Bonchev–Trinajstić information content (AvgIpc) is 2.30. The Morgan fingerprint density at radius 2 is 2.25 bits per heavy atom. The minimum absolute atomic E-state index is 0.176. The van der Waals surface area contributed by atoms with Crippen molar-refractivity contribution in [3.05, 3.63) is 17.5 Å². The van der Waals surface area contributed by atoms with Gasteiger partial charge in [-0.2, -0.15) is 0 Å². The van der Waals surface area contributed by atoms with Crippen LogP contribution < -0.4 is 0 Å². The van der Waals surface area contributed by atoms with Crippen molar-refractivity contribution in [2.24, 2.45) is 0 Å². The molecule has 1 aromatic heterocycles. The molecule has 12 heavy (non-hydrogen) atoms. The van der Waals surface area contributed by atoms with E-state index >= 15 is 0 Å². The molecule has 0 aliphatic heterocycles. The van der Waals surface area contributed by atoms with Gasteiger partial charge in [0.1, 0.15) is 6.26 Å². The lowest BCUT2D eigenvalue weighted by molar-refractivity contribution is 0.0625. The summed E-state index contributed by atoms with van der Waals surface area (Å²) >= 11 is 0. The normalized spacial score (nSPS) is 11.6. The van der Waals surface area contributed by atoms with Crippen LogP contribution in [0.4, 0.5) is 0 Å². The molecule has 0 unspecified atom stereocenters. The highest BCUT2D eigenvalue weighted by Gasteiger charge is 2.27. The summed E-state index contributed by atoms with van der Waals surface area (Å²) in [6.07, 6.45) is 1.13. The summed E-state index contributed by atoms with van der Waals surface area (Å²) < 4.78 is 4.44. The summed E-state index contributed by atoms with van der Waals surface area (Å²) in [5.41, 5.74) is -1.31. The second-order valence-corrected chi connectivity index (χ2v) is 2.94. The molecule has 0 aliphatic rings. The van der Waals surface area contributed by atoms with E-state index in [9.17, 15) is 9.90 Å². The fourth-order valence-corrected chi connectivity index (χ4v) is 0.825. The minimum atomic E-state index is -1.24. The molecule has 0 amide bonds. The van der Waals surface area contributed by atoms with Crippen LogP contribution in [0.5, 0.6) is 0 Å². The van der Waals surface area contributed by atoms with E-state index in [-0.39, 0.29) is 11.3 Å². The van der Waals surface area contributed by atoms with Crippen molar-refractivity contribution in [3.63, 3.8) is 0 Å². The van der Waals surface area contributed by atoms with Crippen LogP contribution in [-0.2, 0) is 5.60 Å². The summed E-state index contributed by atoms with van der Waals surface area (Å²) in [4.78, 5) is 10.5. The molecule has 66 valence electrons. The Balaban J connectivity index is 3.17. The first-order chi connectivity index (χ1) is 5.43. The molecule has 2 N–H and O–H groups in total. The van der Waals surface area contributed by atoms with E-state index in [0.717, 1.165) is 6.26 Å². The number of carbonyl (C=O) groups is 1. The van der Waals surface area contributed by atoms with Gasteiger partial charge < -0.3 is 14.7 Å². The highest BCUT2D eigenvalue weighted by molar-refractivity contribution is 5.87. The molecule has 0 bridgehead atoms. The largest absolute Gasteiger partial charge is 0.476 e. The molecule has 0 aliphatic carbocycles. The SMILES string of the molecule is CC(C)(O)c1conc1C(=O)O. The van der Waals surface area contributed by atoms with Gasteiger partial charge in [0.2, 0.25) is 0 Å². The first-order valence-corrected chi connectivity index (χ1v) is 3.33. The zero-order chi connectivity index (χ0) is 9.35. The summed E-state index contributed by atoms with van der Waals surface area (Å²) in [7, 11) is 0. The Kier molecular flexibility index (Phi) is 1.89. The van der Waals surface area contributed by atoms with Crippen molar-refractivity contribution in [2.45, 2.75) is 19.4 Å². The Bertz CT molecular complexity index is 297. The summed E-state index contributed by atoms with van der Waals surface area (Å²) in [6.45, 7) is 2.93. The van der Waals surface area contributed by atoms with E-state index in [1.54, 1.807) is 0 Å². The topological polar surface area (TPSA) is 83.6 Å². The van der Waals surface area contributed by atoms with E-state index < -0.39 is 11.6 Å². The van der Waals surface area contributed by atoms with Gasteiger partial charge in [0.15, 0.2) is 5.69 Å². The highest BCUT2D eigenvalue weighted by Crippen LogP contribution is 2.22. The van der Waals surface area contributed by atoms with Crippen molar-refractivity contribution in [1.29, 1.82) is 0 Å². The molecular weight excluding hydrogens is 162 g/mol. The Morgan fingerprint density at radius 1 is 1.67 bits per heavy atom. The smallest absolute Gasteiger partial charge is 0.358 e. The Labute approximate surface area is 68.6 Å². The lowest BCUT2D eigenvalue weighted by atomic mass is 9.99. The fourth-order valence-electron chi connectivity index (χ4n) is 0.825. The molecule has 0 aromatic carbocycles. The van der Waals surface area contributed by atoms with E-state index in [4.69, 9.17) is 5.11 Å². The van der Waals surface area contributed by atoms with E-state index in [2.05, 4.69) is 9.68 Å².